The molecule has 0 bridgehead atoms. The number of rotatable bonds is 4. The van der Waals surface area contributed by atoms with E-state index in [9.17, 15) is 21.6 Å². The van der Waals surface area contributed by atoms with Gasteiger partial charge >= 0.3 is 6.18 Å². The lowest BCUT2D eigenvalue weighted by Crippen LogP contribution is -2.43. The molecule has 0 saturated carbocycles. The Morgan fingerprint density at radius 1 is 1.38 bits per heavy atom. The highest BCUT2D eigenvalue weighted by Crippen LogP contribution is 2.29. The van der Waals surface area contributed by atoms with E-state index in [0.717, 1.165) is 6.07 Å². The summed E-state index contributed by atoms with van der Waals surface area (Å²) in [6.07, 6.45) is -4.68. The molecule has 0 atom stereocenters. The summed E-state index contributed by atoms with van der Waals surface area (Å²) in [4.78, 5) is -0.513. The molecule has 21 heavy (non-hydrogen) atoms. The zero-order valence-corrected chi connectivity index (χ0v) is 12.7. The van der Waals surface area contributed by atoms with E-state index < -0.39 is 33.7 Å². The van der Waals surface area contributed by atoms with Gasteiger partial charge < -0.3 is 0 Å². The van der Waals surface area contributed by atoms with E-state index in [1.807, 2.05) is 0 Å². The summed E-state index contributed by atoms with van der Waals surface area (Å²) in [7, 11) is -4.47. The Balaban J connectivity index is 3.40. The molecule has 0 radical (unpaired) electrons. The minimum Gasteiger partial charge on any atom is -0.207 e. The van der Waals surface area contributed by atoms with E-state index in [0.29, 0.717) is 4.31 Å². The van der Waals surface area contributed by atoms with Crippen molar-refractivity contribution >= 4 is 21.6 Å². The highest BCUT2D eigenvalue weighted by atomic mass is 35.5. The number of sulfonamides is 1. The first-order valence-corrected chi connectivity index (χ1v) is 7.59. The molecular weight excluding hydrogens is 329 g/mol. The number of hydrogen-bond acceptors (Lipinski definition) is 3. The summed E-state index contributed by atoms with van der Waals surface area (Å²) in [5, 5.41) is 8.54. The van der Waals surface area contributed by atoms with Gasteiger partial charge in [-0.05, 0) is 32.0 Å². The quantitative estimate of drug-likeness (QED) is 0.845. The van der Waals surface area contributed by atoms with E-state index in [1.165, 1.54) is 26.0 Å². The fourth-order valence-corrected chi connectivity index (χ4v) is 3.74. The van der Waals surface area contributed by atoms with Crippen LogP contribution in [0.1, 0.15) is 19.4 Å². The van der Waals surface area contributed by atoms with Crippen molar-refractivity contribution in [1.82, 2.24) is 4.31 Å². The fourth-order valence-electron chi connectivity index (χ4n) is 1.62. The van der Waals surface area contributed by atoms with Crippen molar-refractivity contribution in [2.24, 2.45) is 0 Å². The van der Waals surface area contributed by atoms with Crippen LogP contribution in [-0.2, 0) is 10.0 Å². The Bertz CT molecular complexity index is 666. The molecule has 116 valence electrons. The molecule has 9 heteroatoms. The second-order valence-corrected chi connectivity index (χ2v) is 6.78. The maximum Gasteiger partial charge on any atom is 0.402 e. The van der Waals surface area contributed by atoms with Gasteiger partial charge in [0.25, 0.3) is 0 Å². The van der Waals surface area contributed by atoms with Gasteiger partial charge in [-0.15, -0.1) is 0 Å². The van der Waals surface area contributed by atoms with Crippen molar-refractivity contribution in [3.63, 3.8) is 0 Å². The Labute approximate surface area is 125 Å². The zero-order chi connectivity index (χ0) is 16.4. The van der Waals surface area contributed by atoms with Crippen LogP contribution >= 0.6 is 11.6 Å². The third kappa shape index (κ3) is 4.33. The second-order valence-electron chi connectivity index (χ2n) is 4.52. The SMILES string of the molecule is CC(C)N(CC(F)(F)F)S(=O)(=O)c1cc(C#N)ccc1Cl. The summed E-state index contributed by atoms with van der Waals surface area (Å²) in [5.74, 6) is 0. The van der Waals surface area contributed by atoms with Crippen molar-refractivity contribution in [2.75, 3.05) is 6.54 Å². The first-order chi connectivity index (χ1) is 9.49. The van der Waals surface area contributed by atoms with Crippen molar-refractivity contribution in [3.05, 3.63) is 28.8 Å². The smallest absolute Gasteiger partial charge is 0.207 e. The van der Waals surface area contributed by atoms with Gasteiger partial charge in [-0.3, -0.25) is 0 Å². The maximum absolute atomic E-state index is 12.6. The largest absolute Gasteiger partial charge is 0.402 e. The van der Waals surface area contributed by atoms with Crippen LogP contribution in [0.15, 0.2) is 23.1 Å². The molecule has 4 nitrogen and oxygen atoms in total. The summed E-state index contributed by atoms with van der Waals surface area (Å²) >= 11 is 5.76. The van der Waals surface area contributed by atoms with Gasteiger partial charge in [0.15, 0.2) is 0 Å². The number of halogens is 4. The molecule has 0 fully saturated rings. The van der Waals surface area contributed by atoms with Crippen LogP contribution in [0.25, 0.3) is 0 Å². The fraction of sp³-hybridized carbons (Fsp3) is 0.417. The molecule has 0 aromatic heterocycles. The summed E-state index contributed by atoms with van der Waals surface area (Å²) in [6.45, 7) is 1.02. The highest BCUT2D eigenvalue weighted by Gasteiger charge is 2.39. The van der Waals surface area contributed by atoms with Gasteiger partial charge in [-0.2, -0.15) is 22.7 Å². The number of nitriles is 1. The predicted octanol–water partition coefficient (Wildman–Crippen LogP) is 3.17. The Hall–Kier alpha value is -1.30. The number of hydrogen-bond donors (Lipinski definition) is 0. The predicted molar refractivity (Wildman–Crippen MR) is 71.2 cm³/mol. The van der Waals surface area contributed by atoms with Gasteiger partial charge in [0, 0.05) is 6.04 Å². The number of nitrogens with zero attached hydrogens (tertiary/aromatic N) is 2. The minimum atomic E-state index is -4.68. The third-order valence-electron chi connectivity index (χ3n) is 2.56. The molecule has 0 heterocycles. The molecule has 1 aromatic rings. The van der Waals surface area contributed by atoms with Gasteiger partial charge in [-0.25, -0.2) is 8.42 Å². The van der Waals surface area contributed by atoms with Crippen LogP contribution < -0.4 is 0 Å². The van der Waals surface area contributed by atoms with Gasteiger partial charge in [0.05, 0.1) is 16.7 Å². The standard InChI is InChI=1S/C12H12ClF3N2O2S/c1-8(2)18(7-12(14,15)16)21(19,20)11-5-9(6-17)3-4-10(11)13/h3-5,8H,7H2,1-2H3. The average molecular weight is 341 g/mol. The van der Waals surface area contributed by atoms with Crippen LogP contribution in [-0.4, -0.2) is 31.5 Å². The zero-order valence-electron chi connectivity index (χ0n) is 11.1. The van der Waals surface area contributed by atoms with E-state index in [-0.39, 0.29) is 10.6 Å². The molecule has 0 spiro atoms. The van der Waals surface area contributed by atoms with Crippen LogP contribution in [0, 0.1) is 11.3 Å². The molecule has 0 aliphatic rings. The first kappa shape index (κ1) is 17.8. The lowest BCUT2D eigenvalue weighted by Gasteiger charge is -2.27. The van der Waals surface area contributed by atoms with Crippen molar-refractivity contribution in [2.45, 2.75) is 31.0 Å². The lowest BCUT2D eigenvalue weighted by atomic mass is 10.2. The molecule has 1 rings (SSSR count). The van der Waals surface area contributed by atoms with Gasteiger partial charge in [-0.1, -0.05) is 11.6 Å². The maximum atomic E-state index is 12.6. The second kappa shape index (κ2) is 6.22. The normalized spacial score (nSPS) is 12.7. The van der Waals surface area contributed by atoms with E-state index >= 15 is 0 Å². The molecule has 1 aromatic carbocycles. The van der Waals surface area contributed by atoms with Gasteiger partial charge in [0.2, 0.25) is 10.0 Å². The van der Waals surface area contributed by atoms with Gasteiger partial charge in [0.1, 0.15) is 11.4 Å². The average Bonchev–Trinajstić information content (AvgIpc) is 2.35. The van der Waals surface area contributed by atoms with E-state index in [1.54, 1.807) is 6.07 Å². The lowest BCUT2D eigenvalue weighted by molar-refractivity contribution is -0.138. The van der Waals surface area contributed by atoms with E-state index in [4.69, 9.17) is 16.9 Å². The third-order valence-corrected chi connectivity index (χ3v) is 5.06. The Morgan fingerprint density at radius 2 is 1.95 bits per heavy atom. The summed E-state index contributed by atoms with van der Waals surface area (Å²) in [5.41, 5.74) is -0.00584. The van der Waals surface area contributed by atoms with Crippen LogP contribution in [0.5, 0.6) is 0 Å². The molecule has 0 aliphatic heterocycles. The molecule has 0 amide bonds. The topological polar surface area (TPSA) is 61.2 Å². The van der Waals surface area contributed by atoms with Crippen LogP contribution in [0.4, 0.5) is 13.2 Å². The molecular formula is C12H12ClF3N2O2S. The number of benzene rings is 1. The van der Waals surface area contributed by atoms with Crippen molar-refractivity contribution in [1.29, 1.82) is 5.26 Å². The molecule has 0 N–H and O–H groups in total. The van der Waals surface area contributed by atoms with Crippen LogP contribution in [0.2, 0.25) is 5.02 Å². The monoisotopic (exact) mass is 340 g/mol. The first-order valence-electron chi connectivity index (χ1n) is 5.77. The minimum absolute atomic E-state index is 0.00584. The molecule has 0 unspecified atom stereocenters. The van der Waals surface area contributed by atoms with Crippen LogP contribution in [0.3, 0.4) is 0 Å². The summed E-state index contributed by atoms with van der Waals surface area (Å²) in [6, 6.07) is 4.21. The van der Waals surface area contributed by atoms with E-state index in [2.05, 4.69) is 0 Å². The van der Waals surface area contributed by atoms with Crippen molar-refractivity contribution < 1.29 is 21.6 Å². The summed E-state index contributed by atoms with van der Waals surface area (Å²) < 4.78 is 62.7. The van der Waals surface area contributed by atoms with Crippen molar-refractivity contribution in [3.8, 4) is 6.07 Å². The molecule has 0 saturated heterocycles. The number of alkyl halides is 3. The molecule has 0 aliphatic carbocycles. The highest BCUT2D eigenvalue weighted by molar-refractivity contribution is 7.89. The Kier molecular flexibility index (Phi) is 5.25. The Morgan fingerprint density at radius 3 is 2.38 bits per heavy atom.